The maximum atomic E-state index is 12.9. The number of carbonyl (C=O) groups is 2. The van der Waals surface area contributed by atoms with Crippen LogP contribution < -0.4 is 5.32 Å². The number of fused-ring (bicyclic) bond motifs is 1. The van der Waals surface area contributed by atoms with Crippen molar-refractivity contribution in [2.24, 2.45) is 5.92 Å². The third-order valence-electron chi connectivity index (χ3n) is 7.70. The summed E-state index contributed by atoms with van der Waals surface area (Å²) in [5, 5.41) is 3.07. The maximum Gasteiger partial charge on any atom is 0.390 e. The van der Waals surface area contributed by atoms with E-state index in [0.29, 0.717) is 31.6 Å². The predicted octanol–water partition coefficient (Wildman–Crippen LogP) is 5.87. The zero-order chi connectivity index (χ0) is 27.6. The molecule has 0 unspecified atom stereocenters. The molecule has 1 saturated carbocycles. The highest BCUT2D eigenvalue weighted by Crippen LogP contribution is 2.47. The number of esters is 1. The molecule has 204 valence electrons. The fraction of sp³-hybridized carbons (Fsp3) is 0.355. The molecule has 0 aromatic heterocycles. The maximum absolute atomic E-state index is 12.9. The van der Waals surface area contributed by atoms with Gasteiger partial charge in [-0.1, -0.05) is 54.6 Å². The number of hydrogen-bond acceptors (Lipinski definition) is 4. The summed E-state index contributed by atoms with van der Waals surface area (Å²) in [7, 11) is 1.33. The largest absolute Gasteiger partial charge is 0.465 e. The molecular formula is C31H31F3N2O3. The lowest BCUT2D eigenvalue weighted by molar-refractivity contribution is -0.138. The molecule has 1 N–H and O–H groups in total. The van der Waals surface area contributed by atoms with E-state index in [1.807, 2.05) is 53.4 Å². The van der Waals surface area contributed by atoms with Gasteiger partial charge in [-0.15, -0.1) is 0 Å². The number of hydrogen-bond donors (Lipinski definition) is 1. The summed E-state index contributed by atoms with van der Waals surface area (Å²) in [6.45, 7) is 1.12. The van der Waals surface area contributed by atoms with Crippen LogP contribution in [0, 0.1) is 5.92 Å². The van der Waals surface area contributed by atoms with E-state index in [9.17, 15) is 22.8 Å². The Hall–Kier alpha value is -3.65. The van der Waals surface area contributed by atoms with Crippen LogP contribution in [0.4, 0.5) is 13.2 Å². The van der Waals surface area contributed by atoms with Gasteiger partial charge in [0.25, 0.3) is 0 Å². The van der Waals surface area contributed by atoms with Gasteiger partial charge in [-0.05, 0) is 64.3 Å². The minimum atomic E-state index is -4.22. The highest BCUT2D eigenvalue weighted by atomic mass is 19.4. The lowest BCUT2D eigenvalue weighted by atomic mass is 9.87. The van der Waals surface area contributed by atoms with Gasteiger partial charge in [-0.25, -0.2) is 4.79 Å². The monoisotopic (exact) mass is 536 g/mol. The molecule has 2 aliphatic rings. The molecule has 1 fully saturated rings. The number of amides is 1. The number of nitrogens with zero attached hydrogens (tertiary/aromatic N) is 1. The molecule has 1 aliphatic carbocycles. The second kappa shape index (κ2) is 11.2. The topological polar surface area (TPSA) is 58.6 Å². The molecule has 0 spiro atoms. The Balaban J connectivity index is 1.38. The van der Waals surface area contributed by atoms with Gasteiger partial charge in [0.05, 0.1) is 19.1 Å². The van der Waals surface area contributed by atoms with Crippen molar-refractivity contribution < 1.29 is 27.5 Å². The quantitative estimate of drug-likeness (QED) is 0.366. The van der Waals surface area contributed by atoms with Crippen LogP contribution in [-0.4, -0.2) is 43.2 Å². The SMILES string of the molecule is COC(=O)c1cccc(-c2ccc(CNC(=O)[C@@H]3C[C@H]3c3ccccc3)c3c2CCN(CCC(F)(F)F)C3)c1. The second-order valence-corrected chi connectivity index (χ2v) is 10.3. The highest BCUT2D eigenvalue weighted by molar-refractivity contribution is 5.91. The zero-order valence-corrected chi connectivity index (χ0v) is 21.8. The van der Waals surface area contributed by atoms with Crippen LogP contribution in [0.2, 0.25) is 0 Å². The number of alkyl halides is 3. The van der Waals surface area contributed by atoms with Crippen LogP contribution in [0.5, 0.6) is 0 Å². The van der Waals surface area contributed by atoms with Gasteiger partial charge in [0, 0.05) is 32.1 Å². The molecule has 3 aromatic rings. The predicted molar refractivity (Wildman–Crippen MR) is 142 cm³/mol. The van der Waals surface area contributed by atoms with Crippen LogP contribution in [0.15, 0.2) is 66.7 Å². The fourth-order valence-electron chi connectivity index (χ4n) is 5.51. The third-order valence-corrected chi connectivity index (χ3v) is 7.70. The summed E-state index contributed by atoms with van der Waals surface area (Å²) in [5.41, 5.74) is 6.26. The van der Waals surface area contributed by atoms with Crippen molar-refractivity contribution in [2.75, 3.05) is 20.2 Å². The van der Waals surface area contributed by atoms with Gasteiger partial charge in [-0.2, -0.15) is 13.2 Å². The first-order valence-electron chi connectivity index (χ1n) is 13.2. The van der Waals surface area contributed by atoms with E-state index >= 15 is 0 Å². The normalized spacial score (nSPS) is 18.8. The Kier molecular flexibility index (Phi) is 7.75. The average Bonchev–Trinajstić information content (AvgIpc) is 3.75. The van der Waals surface area contributed by atoms with Crippen molar-refractivity contribution in [3.05, 3.63) is 94.5 Å². The minimum absolute atomic E-state index is 0.00260. The first-order valence-corrected chi connectivity index (χ1v) is 13.2. The summed E-state index contributed by atoms with van der Waals surface area (Å²) < 4.78 is 43.7. The molecular weight excluding hydrogens is 505 g/mol. The van der Waals surface area contributed by atoms with E-state index < -0.39 is 18.6 Å². The van der Waals surface area contributed by atoms with Crippen LogP contribution in [0.1, 0.15) is 51.4 Å². The van der Waals surface area contributed by atoms with Crippen LogP contribution in [0.3, 0.4) is 0 Å². The summed E-state index contributed by atoms with van der Waals surface area (Å²) >= 11 is 0. The van der Waals surface area contributed by atoms with Crippen molar-refractivity contribution in [2.45, 2.75) is 44.4 Å². The number of rotatable bonds is 8. The van der Waals surface area contributed by atoms with E-state index in [1.165, 1.54) is 7.11 Å². The van der Waals surface area contributed by atoms with Gasteiger partial charge < -0.3 is 10.1 Å². The summed E-state index contributed by atoms with van der Waals surface area (Å²) in [6, 6.07) is 21.1. The Morgan fingerprint density at radius 1 is 1.03 bits per heavy atom. The highest BCUT2D eigenvalue weighted by Gasteiger charge is 2.43. The molecule has 0 bridgehead atoms. The summed E-state index contributed by atoms with van der Waals surface area (Å²) in [5.74, 6) is -0.274. The molecule has 39 heavy (non-hydrogen) atoms. The molecule has 1 amide bonds. The average molecular weight is 537 g/mol. The van der Waals surface area contributed by atoms with Crippen LogP contribution in [-0.2, 0) is 29.0 Å². The van der Waals surface area contributed by atoms with Gasteiger partial charge in [0.1, 0.15) is 0 Å². The Morgan fingerprint density at radius 3 is 2.56 bits per heavy atom. The number of ether oxygens (including phenoxy) is 1. The number of methoxy groups -OCH3 is 1. The molecule has 5 rings (SSSR count). The van der Waals surface area contributed by atoms with Gasteiger partial charge in [0.15, 0.2) is 0 Å². The Bertz CT molecular complexity index is 1360. The first-order chi connectivity index (χ1) is 18.7. The lowest BCUT2D eigenvalue weighted by Gasteiger charge is -2.32. The molecule has 2 atom stereocenters. The number of nitrogens with one attached hydrogen (secondary N) is 1. The van der Waals surface area contributed by atoms with Crippen LogP contribution >= 0.6 is 0 Å². The summed E-state index contributed by atoms with van der Waals surface area (Å²) in [6.07, 6.45) is -3.69. The van der Waals surface area contributed by atoms with Crippen LogP contribution in [0.25, 0.3) is 11.1 Å². The second-order valence-electron chi connectivity index (χ2n) is 10.3. The number of benzene rings is 3. The van der Waals surface area contributed by atoms with E-state index in [1.54, 1.807) is 18.2 Å². The Labute approximate surface area is 226 Å². The minimum Gasteiger partial charge on any atom is -0.465 e. The summed E-state index contributed by atoms with van der Waals surface area (Å²) in [4.78, 5) is 26.9. The molecule has 0 saturated heterocycles. The molecule has 3 aromatic carbocycles. The molecule has 8 heteroatoms. The van der Waals surface area contributed by atoms with Crippen molar-refractivity contribution in [1.29, 1.82) is 0 Å². The number of carbonyl (C=O) groups excluding carboxylic acids is 2. The fourth-order valence-corrected chi connectivity index (χ4v) is 5.51. The van der Waals surface area contributed by atoms with Crippen molar-refractivity contribution in [3.63, 3.8) is 0 Å². The Morgan fingerprint density at radius 2 is 1.82 bits per heavy atom. The van der Waals surface area contributed by atoms with E-state index in [4.69, 9.17) is 4.74 Å². The van der Waals surface area contributed by atoms with Crippen molar-refractivity contribution in [3.8, 4) is 11.1 Å². The van der Waals surface area contributed by atoms with E-state index in [2.05, 4.69) is 5.32 Å². The molecule has 1 aliphatic heterocycles. The lowest BCUT2D eigenvalue weighted by Crippen LogP contribution is -2.35. The van der Waals surface area contributed by atoms with Gasteiger partial charge >= 0.3 is 12.1 Å². The first kappa shape index (κ1) is 26.9. The third kappa shape index (κ3) is 6.33. The molecule has 1 heterocycles. The van der Waals surface area contributed by atoms with Crippen molar-refractivity contribution in [1.82, 2.24) is 10.2 Å². The molecule has 5 nitrogen and oxygen atoms in total. The standard InChI is InChI=1S/C31H31F3N2O3/c1-39-30(38)22-9-5-8-21(16-22)24-11-10-23(28-19-36(14-12-25(24)28)15-13-31(32,33)34)18-35-29(37)27-17-26(27)20-6-3-2-4-7-20/h2-11,16,26-27H,12-15,17-19H2,1H3,(H,35,37)/t26-,27+/m0/s1. The van der Waals surface area contributed by atoms with E-state index in [-0.39, 0.29) is 24.3 Å². The zero-order valence-electron chi connectivity index (χ0n) is 21.8. The van der Waals surface area contributed by atoms with Gasteiger partial charge in [-0.3, -0.25) is 9.69 Å². The smallest absolute Gasteiger partial charge is 0.390 e. The number of halogens is 3. The molecule has 0 radical (unpaired) electrons. The van der Waals surface area contributed by atoms with E-state index in [0.717, 1.165) is 39.8 Å². The van der Waals surface area contributed by atoms with Crippen molar-refractivity contribution >= 4 is 11.9 Å². The van der Waals surface area contributed by atoms with Gasteiger partial charge in [0.2, 0.25) is 5.91 Å².